The van der Waals surface area contributed by atoms with Crippen LogP contribution in [0.3, 0.4) is 0 Å². The molecule has 0 amide bonds. The summed E-state index contributed by atoms with van der Waals surface area (Å²) in [5.74, 6) is -0.474. The summed E-state index contributed by atoms with van der Waals surface area (Å²) in [4.78, 5) is 0. The first-order valence-corrected chi connectivity index (χ1v) is 7.65. The minimum absolute atomic E-state index is 0.000992. The normalized spacial score (nSPS) is 14.0. The van der Waals surface area contributed by atoms with E-state index in [0.717, 1.165) is 11.1 Å². The standard InChI is InChI=1S/C17H18BrF2N/c1-10-4-5-14(9-17(10)20)12(3)21-11(2)13-6-7-16(19)15(18)8-13/h4-9,11-12,21H,1-3H3. The van der Waals surface area contributed by atoms with Crippen molar-refractivity contribution in [1.29, 1.82) is 0 Å². The third-order valence-corrected chi connectivity index (χ3v) is 4.25. The van der Waals surface area contributed by atoms with E-state index in [1.165, 1.54) is 6.07 Å². The minimum atomic E-state index is -0.278. The van der Waals surface area contributed by atoms with Crippen molar-refractivity contribution >= 4 is 15.9 Å². The number of aryl methyl sites for hydroxylation is 1. The van der Waals surface area contributed by atoms with Crippen molar-refractivity contribution in [3.05, 3.63) is 69.2 Å². The fourth-order valence-electron chi connectivity index (χ4n) is 2.23. The molecule has 2 atom stereocenters. The summed E-state index contributed by atoms with van der Waals surface area (Å²) in [5.41, 5.74) is 2.51. The van der Waals surface area contributed by atoms with Gasteiger partial charge in [-0.15, -0.1) is 0 Å². The predicted octanol–water partition coefficient (Wildman–Crippen LogP) is 5.45. The van der Waals surface area contributed by atoms with E-state index in [2.05, 4.69) is 21.2 Å². The average molecular weight is 354 g/mol. The molecule has 4 heteroatoms. The van der Waals surface area contributed by atoms with Gasteiger partial charge >= 0.3 is 0 Å². The molecule has 0 spiro atoms. The molecule has 2 unspecified atom stereocenters. The van der Waals surface area contributed by atoms with Crippen molar-refractivity contribution in [2.24, 2.45) is 0 Å². The van der Waals surface area contributed by atoms with E-state index >= 15 is 0 Å². The van der Waals surface area contributed by atoms with Crippen LogP contribution in [0.15, 0.2) is 40.9 Å². The zero-order valence-electron chi connectivity index (χ0n) is 12.3. The molecule has 0 saturated carbocycles. The lowest BCUT2D eigenvalue weighted by molar-refractivity contribution is 0.490. The lowest BCUT2D eigenvalue weighted by Crippen LogP contribution is -2.22. The Hall–Kier alpha value is -1.26. The van der Waals surface area contributed by atoms with Gasteiger partial charge in [-0.25, -0.2) is 8.78 Å². The molecule has 0 bridgehead atoms. The maximum absolute atomic E-state index is 13.6. The Morgan fingerprint density at radius 2 is 1.48 bits per heavy atom. The molecule has 0 fully saturated rings. The van der Waals surface area contributed by atoms with Gasteiger partial charge < -0.3 is 5.32 Å². The molecular formula is C17H18BrF2N. The van der Waals surface area contributed by atoms with Gasteiger partial charge in [0.05, 0.1) is 4.47 Å². The fraction of sp³-hybridized carbons (Fsp3) is 0.294. The summed E-state index contributed by atoms with van der Waals surface area (Å²) in [7, 11) is 0. The molecule has 1 nitrogen and oxygen atoms in total. The van der Waals surface area contributed by atoms with Crippen LogP contribution in [0.2, 0.25) is 0 Å². The summed E-state index contributed by atoms with van der Waals surface area (Å²) >= 11 is 3.19. The fourth-order valence-corrected chi connectivity index (χ4v) is 2.62. The van der Waals surface area contributed by atoms with Crippen LogP contribution < -0.4 is 5.32 Å². The van der Waals surface area contributed by atoms with Crippen LogP contribution in [0.5, 0.6) is 0 Å². The molecule has 2 rings (SSSR count). The molecule has 0 saturated heterocycles. The highest BCUT2D eigenvalue weighted by Gasteiger charge is 2.13. The Morgan fingerprint density at radius 1 is 0.905 bits per heavy atom. The topological polar surface area (TPSA) is 12.0 Å². The van der Waals surface area contributed by atoms with Crippen LogP contribution >= 0.6 is 15.9 Å². The molecule has 0 aliphatic rings. The Bertz CT molecular complexity index is 587. The third kappa shape index (κ3) is 3.89. The molecule has 0 aromatic heterocycles. The lowest BCUT2D eigenvalue weighted by Gasteiger charge is -2.21. The summed E-state index contributed by atoms with van der Waals surface area (Å²) in [6.45, 7) is 5.73. The first-order chi connectivity index (χ1) is 9.88. The first-order valence-electron chi connectivity index (χ1n) is 6.85. The van der Waals surface area contributed by atoms with Crippen molar-refractivity contribution in [3.8, 4) is 0 Å². The molecule has 0 aliphatic carbocycles. The van der Waals surface area contributed by atoms with Crippen molar-refractivity contribution < 1.29 is 8.78 Å². The van der Waals surface area contributed by atoms with Gasteiger partial charge in [-0.3, -0.25) is 0 Å². The average Bonchev–Trinajstić information content (AvgIpc) is 2.44. The Morgan fingerprint density at radius 3 is 2.05 bits per heavy atom. The molecule has 1 N–H and O–H groups in total. The van der Waals surface area contributed by atoms with E-state index in [1.54, 1.807) is 31.2 Å². The number of halogens is 3. The molecule has 2 aromatic carbocycles. The second-order valence-corrected chi connectivity index (χ2v) is 6.15. The molecule has 21 heavy (non-hydrogen) atoms. The summed E-state index contributed by atoms with van der Waals surface area (Å²) in [5, 5.41) is 3.40. The smallest absolute Gasteiger partial charge is 0.137 e. The van der Waals surface area contributed by atoms with E-state index in [0.29, 0.717) is 10.0 Å². The highest BCUT2D eigenvalue weighted by Crippen LogP contribution is 2.24. The van der Waals surface area contributed by atoms with Gasteiger partial charge in [0.15, 0.2) is 0 Å². The molecule has 0 aliphatic heterocycles. The predicted molar refractivity (Wildman–Crippen MR) is 85.2 cm³/mol. The van der Waals surface area contributed by atoms with Crippen molar-refractivity contribution in [3.63, 3.8) is 0 Å². The van der Waals surface area contributed by atoms with Crippen LogP contribution in [0.25, 0.3) is 0 Å². The van der Waals surface area contributed by atoms with Crippen LogP contribution in [-0.2, 0) is 0 Å². The number of nitrogens with one attached hydrogen (secondary N) is 1. The molecular weight excluding hydrogens is 336 g/mol. The maximum atomic E-state index is 13.6. The Balaban J connectivity index is 2.12. The minimum Gasteiger partial charge on any atom is -0.304 e. The lowest BCUT2D eigenvalue weighted by atomic mass is 10.0. The first kappa shape index (κ1) is 16.1. The summed E-state index contributed by atoms with van der Waals surface area (Å²) in [6, 6.07) is 10.2. The van der Waals surface area contributed by atoms with Gasteiger partial charge in [0, 0.05) is 12.1 Å². The monoisotopic (exact) mass is 353 g/mol. The number of benzene rings is 2. The van der Waals surface area contributed by atoms with Crippen LogP contribution in [0, 0.1) is 18.6 Å². The van der Waals surface area contributed by atoms with E-state index in [4.69, 9.17) is 0 Å². The van der Waals surface area contributed by atoms with E-state index in [9.17, 15) is 8.78 Å². The molecule has 0 radical (unpaired) electrons. The van der Waals surface area contributed by atoms with Crippen molar-refractivity contribution in [2.45, 2.75) is 32.9 Å². The highest BCUT2D eigenvalue weighted by atomic mass is 79.9. The van der Waals surface area contributed by atoms with E-state index in [-0.39, 0.29) is 23.7 Å². The highest BCUT2D eigenvalue weighted by molar-refractivity contribution is 9.10. The van der Waals surface area contributed by atoms with Crippen LogP contribution in [0.1, 0.15) is 42.6 Å². The molecule has 2 aromatic rings. The van der Waals surface area contributed by atoms with E-state index < -0.39 is 0 Å². The SMILES string of the molecule is Cc1ccc(C(C)NC(C)c2ccc(F)c(Br)c2)cc1F. The van der Waals surface area contributed by atoms with Gasteiger partial charge in [-0.05, 0) is 71.6 Å². The number of hydrogen-bond acceptors (Lipinski definition) is 1. The zero-order valence-corrected chi connectivity index (χ0v) is 13.8. The third-order valence-electron chi connectivity index (χ3n) is 3.64. The quantitative estimate of drug-likeness (QED) is 0.770. The molecule has 0 heterocycles. The van der Waals surface area contributed by atoms with Gasteiger partial charge in [0.2, 0.25) is 0 Å². The van der Waals surface area contributed by atoms with Crippen LogP contribution in [0.4, 0.5) is 8.78 Å². The van der Waals surface area contributed by atoms with Crippen LogP contribution in [-0.4, -0.2) is 0 Å². The van der Waals surface area contributed by atoms with Gasteiger partial charge in [-0.2, -0.15) is 0 Å². The Labute approximate surface area is 132 Å². The number of rotatable bonds is 4. The van der Waals surface area contributed by atoms with Gasteiger partial charge in [-0.1, -0.05) is 18.2 Å². The summed E-state index contributed by atoms with van der Waals surface area (Å²) in [6.07, 6.45) is 0. The molecule has 112 valence electrons. The second kappa shape index (κ2) is 6.67. The second-order valence-electron chi connectivity index (χ2n) is 5.29. The van der Waals surface area contributed by atoms with Gasteiger partial charge in [0.1, 0.15) is 11.6 Å². The van der Waals surface area contributed by atoms with Crippen molar-refractivity contribution in [1.82, 2.24) is 5.32 Å². The maximum Gasteiger partial charge on any atom is 0.137 e. The van der Waals surface area contributed by atoms with E-state index in [1.807, 2.05) is 19.9 Å². The Kier molecular flexibility index (Phi) is 5.12. The zero-order chi connectivity index (χ0) is 15.6. The van der Waals surface area contributed by atoms with Gasteiger partial charge in [0.25, 0.3) is 0 Å². The number of hydrogen-bond donors (Lipinski definition) is 1. The van der Waals surface area contributed by atoms with Crippen molar-refractivity contribution in [2.75, 3.05) is 0 Å². The summed E-state index contributed by atoms with van der Waals surface area (Å²) < 4.78 is 27.3. The largest absolute Gasteiger partial charge is 0.304 e.